The summed E-state index contributed by atoms with van der Waals surface area (Å²) in [7, 11) is -3.11. The fraction of sp³-hybridized carbons (Fsp3) is 1.00. The van der Waals surface area contributed by atoms with E-state index in [0.717, 1.165) is 13.0 Å². The predicted octanol–water partition coefficient (Wildman–Crippen LogP) is 1.05. The highest BCUT2D eigenvalue weighted by Crippen LogP contribution is 2.07. The number of rotatable bonds is 8. The zero-order valence-electron chi connectivity index (χ0n) is 10.3. The maximum atomic E-state index is 12.0. The lowest BCUT2D eigenvalue weighted by molar-refractivity contribution is 0.434. The zero-order valence-corrected chi connectivity index (χ0v) is 11.1. The lowest BCUT2D eigenvalue weighted by Gasteiger charge is -2.23. The third kappa shape index (κ3) is 4.49. The van der Waals surface area contributed by atoms with Crippen LogP contribution in [-0.4, -0.2) is 44.2 Å². The largest absolute Gasteiger partial charge is 0.315 e. The molecule has 0 fully saturated rings. The van der Waals surface area contributed by atoms with Crippen LogP contribution in [0.1, 0.15) is 34.1 Å². The van der Waals surface area contributed by atoms with Crippen LogP contribution in [0.3, 0.4) is 0 Å². The molecule has 0 spiro atoms. The maximum Gasteiger partial charge on any atom is 0.217 e. The molecule has 15 heavy (non-hydrogen) atoms. The van der Waals surface area contributed by atoms with E-state index >= 15 is 0 Å². The average Bonchev–Trinajstić information content (AvgIpc) is 2.19. The van der Waals surface area contributed by atoms with Gasteiger partial charge in [-0.05, 0) is 19.9 Å². The minimum absolute atomic E-state index is 0.344. The number of nitrogens with zero attached hydrogens (tertiary/aromatic N) is 1. The molecule has 0 rings (SSSR count). The van der Waals surface area contributed by atoms with Crippen LogP contribution in [0.5, 0.6) is 0 Å². The Morgan fingerprint density at radius 1 is 1.20 bits per heavy atom. The van der Waals surface area contributed by atoms with Crippen LogP contribution in [0.4, 0.5) is 0 Å². The van der Waals surface area contributed by atoms with Crippen molar-refractivity contribution >= 4 is 10.0 Å². The van der Waals surface area contributed by atoms with E-state index in [-0.39, 0.29) is 5.25 Å². The molecule has 0 aromatic heterocycles. The van der Waals surface area contributed by atoms with Gasteiger partial charge in [-0.1, -0.05) is 20.8 Å². The molecule has 0 saturated carbocycles. The highest BCUT2D eigenvalue weighted by Gasteiger charge is 2.25. The van der Waals surface area contributed by atoms with Crippen molar-refractivity contribution < 1.29 is 8.42 Å². The molecule has 1 N–H and O–H groups in total. The summed E-state index contributed by atoms with van der Waals surface area (Å²) in [4.78, 5) is 0. The molecule has 0 aromatic rings. The van der Waals surface area contributed by atoms with Gasteiger partial charge in [0.2, 0.25) is 10.0 Å². The molecule has 0 aromatic carbocycles. The van der Waals surface area contributed by atoms with Gasteiger partial charge < -0.3 is 5.32 Å². The molecular weight excluding hydrogens is 212 g/mol. The van der Waals surface area contributed by atoms with Crippen LogP contribution in [0.15, 0.2) is 0 Å². The van der Waals surface area contributed by atoms with Crippen molar-refractivity contribution in [1.29, 1.82) is 0 Å². The van der Waals surface area contributed by atoms with Gasteiger partial charge in [-0.25, -0.2) is 12.7 Å². The summed E-state index contributed by atoms with van der Waals surface area (Å²) in [6, 6.07) is 0. The fourth-order valence-corrected chi connectivity index (χ4v) is 2.98. The molecule has 0 aliphatic carbocycles. The quantitative estimate of drug-likeness (QED) is 0.641. The van der Waals surface area contributed by atoms with Gasteiger partial charge >= 0.3 is 0 Å². The van der Waals surface area contributed by atoms with E-state index in [9.17, 15) is 8.42 Å². The Morgan fingerprint density at radius 2 is 1.73 bits per heavy atom. The van der Waals surface area contributed by atoms with E-state index in [0.29, 0.717) is 19.6 Å². The first-order chi connectivity index (χ1) is 7.00. The summed E-state index contributed by atoms with van der Waals surface area (Å²) >= 11 is 0. The van der Waals surface area contributed by atoms with E-state index in [2.05, 4.69) is 12.2 Å². The minimum Gasteiger partial charge on any atom is -0.315 e. The zero-order chi connectivity index (χ0) is 11.9. The van der Waals surface area contributed by atoms with Gasteiger partial charge in [-0.3, -0.25) is 0 Å². The molecule has 0 aliphatic rings. The van der Waals surface area contributed by atoms with E-state index in [1.807, 2.05) is 13.8 Å². The monoisotopic (exact) mass is 236 g/mol. The number of hydrogen-bond acceptors (Lipinski definition) is 3. The van der Waals surface area contributed by atoms with Gasteiger partial charge in [0, 0.05) is 19.6 Å². The van der Waals surface area contributed by atoms with Crippen LogP contribution in [0, 0.1) is 0 Å². The van der Waals surface area contributed by atoms with Gasteiger partial charge in [-0.2, -0.15) is 0 Å². The second-order valence-electron chi connectivity index (χ2n) is 3.64. The van der Waals surface area contributed by atoms with Crippen molar-refractivity contribution in [2.45, 2.75) is 39.4 Å². The van der Waals surface area contributed by atoms with E-state index in [1.54, 1.807) is 6.92 Å². The van der Waals surface area contributed by atoms with E-state index in [1.165, 1.54) is 4.31 Å². The first-order valence-electron chi connectivity index (χ1n) is 5.70. The summed E-state index contributed by atoms with van der Waals surface area (Å²) in [6.45, 7) is 10.1. The van der Waals surface area contributed by atoms with Crippen molar-refractivity contribution in [2.24, 2.45) is 0 Å². The van der Waals surface area contributed by atoms with Crippen molar-refractivity contribution in [2.75, 3.05) is 26.2 Å². The maximum absolute atomic E-state index is 12.0. The molecule has 1 atom stereocenters. The molecule has 0 aliphatic heterocycles. The summed E-state index contributed by atoms with van der Waals surface area (Å²) < 4.78 is 25.5. The lowest BCUT2D eigenvalue weighted by atomic mass is 10.4. The minimum atomic E-state index is -3.11. The third-order valence-corrected chi connectivity index (χ3v) is 4.85. The first kappa shape index (κ1) is 14.9. The molecule has 0 radical (unpaired) electrons. The summed E-state index contributed by atoms with van der Waals surface area (Å²) in [5, 5.41) is 2.79. The van der Waals surface area contributed by atoms with Crippen LogP contribution in [-0.2, 0) is 10.0 Å². The van der Waals surface area contributed by atoms with Crippen molar-refractivity contribution in [3.05, 3.63) is 0 Å². The highest BCUT2D eigenvalue weighted by atomic mass is 32.2. The Kier molecular flexibility index (Phi) is 7.13. The Morgan fingerprint density at radius 3 is 2.13 bits per heavy atom. The van der Waals surface area contributed by atoms with Crippen LogP contribution >= 0.6 is 0 Å². The molecule has 0 heterocycles. The Labute approximate surface area is 94.1 Å². The van der Waals surface area contributed by atoms with Gasteiger partial charge in [0.05, 0.1) is 5.25 Å². The van der Waals surface area contributed by atoms with Gasteiger partial charge in [0.25, 0.3) is 0 Å². The molecule has 5 heteroatoms. The van der Waals surface area contributed by atoms with Crippen LogP contribution < -0.4 is 5.32 Å². The molecule has 1 unspecified atom stereocenters. The number of sulfonamides is 1. The fourth-order valence-electron chi connectivity index (χ4n) is 1.43. The lowest BCUT2D eigenvalue weighted by Crippen LogP contribution is -2.42. The average molecular weight is 236 g/mol. The molecule has 0 bridgehead atoms. The second-order valence-corrected chi connectivity index (χ2v) is 6.00. The van der Waals surface area contributed by atoms with Crippen molar-refractivity contribution in [3.63, 3.8) is 0 Å². The summed E-state index contributed by atoms with van der Waals surface area (Å²) in [6.07, 6.45) is 1.03. The molecule has 0 amide bonds. The van der Waals surface area contributed by atoms with Gasteiger partial charge in [-0.15, -0.1) is 0 Å². The van der Waals surface area contributed by atoms with Crippen LogP contribution in [0.25, 0.3) is 0 Å². The SMILES string of the molecule is CCCNCC(C)S(=O)(=O)N(CC)CC. The van der Waals surface area contributed by atoms with Gasteiger partial charge in [0.1, 0.15) is 0 Å². The number of hydrogen-bond donors (Lipinski definition) is 1. The smallest absolute Gasteiger partial charge is 0.217 e. The molecule has 0 saturated heterocycles. The summed E-state index contributed by atoms with van der Waals surface area (Å²) in [5.74, 6) is 0. The third-order valence-electron chi connectivity index (χ3n) is 2.43. The van der Waals surface area contributed by atoms with Crippen molar-refractivity contribution in [1.82, 2.24) is 9.62 Å². The normalized spacial score (nSPS) is 14.5. The number of nitrogens with one attached hydrogen (secondary N) is 1. The van der Waals surface area contributed by atoms with Gasteiger partial charge in [0.15, 0.2) is 0 Å². The second kappa shape index (κ2) is 7.19. The molecular formula is C10H24N2O2S. The molecule has 92 valence electrons. The van der Waals surface area contributed by atoms with E-state index < -0.39 is 10.0 Å². The first-order valence-corrected chi connectivity index (χ1v) is 7.20. The Hall–Kier alpha value is -0.130. The Bertz CT molecular complexity index is 248. The van der Waals surface area contributed by atoms with Crippen molar-refractivity contribution in [3.8, 4) is 0 Å². The standard InChI is InChI=1S/C10H24N2O2S/c1-5-8-11-9-10(4)15(13,14)12(6-2)7-3/h10-11H,5-9H2,1-4H3. The summed E-state index contributed by atoms with van der Waals surface area (Å²) in [5.41, 5.74) is 0. The Balaban J connectivity index is 4.31. The molecule has 4 nitrogen and oxygen atoms in total. The van der Waals surface area contributed by atoms with E-state index in [4.69, 9.17) is 0 Å². The van der Waals surface area contributed by atoms with Crippen LogP contribution in [0.2, 0.25) is 0 Å². The predicted molar refractivity (Wildman–Crippen MR) is 64.5 cm³/mol. The highest BCUT2D eigenvalue weighted by molar-refractivity contribution is 7.89. The topological polar surface area (TPSA) is 49.4 Å².